The summed E-state index contributed by atoms with van der Waals surface area (Å²) in [6, 6.07) is 0. The molecule has 0 aromatic carbocycles. The summed E-state index contributed by atoms with van der Waals surface area (Å²) in [4.78, 5) is 28.7. The molecule has 0 saturated heterocycles. The van der Waals surface area contributed by atoms with Crippen molar-refractivity contribution in [2.24, 2.45) is 0 Å². The van der Waals surface area contributed by atoms with Crippen molar-refractivity contribution < 1.29 is 14.3 Å². The number of ketones is 1. The zero-order chi connectivity index (χ0) is 13.8. The first-order valence-electron chi connectivity index (χ1n) is 5.65. The zero-order valence-electron chi connectivity index (χ0n) is 11.1. The Hall–Kier alpha value is -1.43. The summed E-state index contributed by atoms with van der Waals surface area (Å²) in [5, 5.41) is 1.70. The Morgan fingerprint density at radius 2 is 2.11 bits per heavy atom. The van der Waals surface area contributed by atoms with Gasteiger partial charge in [0, 0.05) is 25.4 Å². The van der Waals surface area contributed by atoms with E-state index in [0.29, 0.717) is 12.2 Å². The molecule has 0 radical (unpaired) electrons. The van der Waals surface area contributed by atoms with Gasteiger partial charge >= 0.3 is 6.09 Å². The van der Waals surface area contributed by atoms with Crippen molar-refractivity contribution >= 4 is 23.2 Å². The van der Waals surface area contributed by atoms with E-state index in [1.807, 2.05) is 0 Å². The first kappa shape index (κ1) is 14.6. The van der Waals surface area contributed by atoms with Gasteiger partial charge in [-0.3, -0.25) is 4.79 Å². The van der Waals surface area contributed by atoms with Gasteiger partial charge in [-0.2, -0.15) is 0 Å². The van der Waals surface area contributed by atoms with Crippen molar-refractivity contribution in [1.29, 1.82) is 0 Å². The molecule has 0 aliphatic heterocycles. The van der Waals surface area contributed by atoms with Crippen molar-refractivity contribution in [3.05, 3.63) is 16.6 Å². The number of rotatable bonds is 4. The van der Waals surface area contributed by atoms with Crippen molar-refractivity contribution in [3.8, 4) is 0 Å². The van der Waals surface area contributed by atoms with Gasteiger partial charge in [-0.15, -0.1) is 11.3 Å². The number of carbonyl (C=O) groups excluding carboxylic acids is 2. The van der Waals surface area contributed by atoms with E-state index in [9.17, 15) is 9.59 Å². The molecule has 0 saturated carbocycles. The van der Waals surface area contributed by atoms with Crippen LogP contribution in [0, 0.1) is 0 Å². The Morgan fingerprint density at radius 3 is 2.61 bits per heavy atom. The van der Waals surface area contributed by atoms with Crippen LogP contribution in [0.15, 0.2) is 10.9 Å². The number of nitrogens with zero attached hydrogens (tertiary/aromatic N) is 2. The van der Waals surface area contributed by atoms with Gasteiger partial charge in [0.05, 0.1) is 5.51 Å². The maximum Gasteiger partial charge on any atom is 0.410 e. The smallest absolute Gasteiger partial charge is 0.410 e. The molecule has 18 heavy (non-hydrogen) atoms. The summed E-state index contributed by atoms with van der Waals surface area (Å²) in [6.45, 7) is 5.74. The van der Waals surface area contributed by atoms with E-state index in [4.69, 9.17) is 4.74 Å². The molecule has 1 aromatic heterocycles. The standard InChI is InChI=1S/C12H18N2O3S/c1-12(2,3)17-11(16)14(4)6-5-10(15)9-7-18-8-13-9/h7-8H,5-6H2,1-4H3. The molecule has 0 atom stereocenters. The highest BCUT2D eigenvalue weighted by atomic mass is 32.1. The van der Waals surface area contributed by atoms with Crippen LogP contribution in [0.4, 0.5) is 4.79 Å². The summed E-state index contributed by atoms with van der Waals surface area (Å²) in [6.07, 6.45) is -0.173. The maximum atomic E-state index is 11.7. The van der Waals surface area contributed by atoms with Crippen molar-refractivity contribution in [2.45, 2.75) is 32.8 Å². The van der Waals surface area contributed by atoms with Crippen LogP contribution >= 0.6 is 11.3 Å². The lowest BCUT2D eigenvalue weighted by atomic mass is 10.2. The molecule has 1 heterocycles. The Morgan fingerprint density at radius 1 is 1.44 bits per heavy atom. The number of aromatic nitrogens is 1. The lowest BCUT2D eigenvalue weighted by Gasteiger charge is -2.24. The lowest BCUT2D eigenvalue weighted by Crippen LogP contribution is -2.35. The van der Waals surface area contributed by atoms with E-state index in [-0.39, 0.29) is 12.2 Å². The van der Waals surface area contributed by atoms with Gasteiger partial charge in [0.15, 0.2) is 5.78 Å². The highest BCUT2D eigenvalue weighted by molar-refractivity contribution is 7.07. The number of carbonyl (C=O) groups is 2. The monoisotopic (exact) mass is 270 g/mol. The maximum absolute atomic E-state index is 11.7. The van der Waals surface area contributed by atoms with Gasteiger partial charge in [-0.25, -0.2) is 9.78 Å². The molecule has 0 aliphatic carbocycles. The Balaban J connectivity index is 2.39. The number of Topliss-reactive ketones (excluding diaryl/α,β-unsaturated/α-hetero) is 1. The second-order valence-corrected chi connectivity index (χ2v) is 5.67. The molecule has 0 bridgehead atoms. The predicted octanol–water partition coefficient (Wildman–Crippen LogP) is 2.58. The van der Waals surface area contributed by atoms with Crippen LogP contribution in [-0.2, 0) is 4.74 Å². The summed E-state index contributed by atoms with van der Waals surface area (Å²) >= 11 is 1.38. The number of amides is 1. The van der Waals surface area contributed by atoms with Crippen LogP contribution in [-0.4, -0.2) is 41.0 Å². The zero-order valence-corrected chi connectivity index (χ0v) is 11.9. The number of ether oxygens (including phenoxy) is 1. The third kappa shape index (κ3) is 4.83. The fraction of sp³-hybridized carbons (Fsp3) is 0.583. The molecule has 0 N–H and O–H groups in total. The normalized spacial score (nSPS) is 11.1. The van der Waals surface area contributed by atoms with E-state index < -0.39 is 11.7 Å². The molecule has 6 heteroatoms. The van der Waals surface area contributed by atoms with Gasteiger partial charge in [-0.1, -0.05) is 0 Å². The molecule has 1 amide bonds. The number of hydrogen-bond donors (Lipinski definition) is 0. The SMILES string of the molecule is CN(CCC(=O)c1cscn1)C(=O)OC(C)(C)C. The first-order valence-corrected chi connectivity index (χ1v) is 6.59. The molecule has 0 fully saturated rings. The minimum Gasteiger partial charge on any atom is -0.444 e. The average molecular weight is 270 g/mol. The first-order chi connectivity index (χ1) is 8.29. The van der Waals surface area contributed by atoms with E-state index >= 15 is 0 Å². The second-order valence-electron chi connectivity index (χ2n) is 4.95. The van der Waals surface area contributed by atoms with Gasteiger partial charge in [0.2, 0.25) is 0 Å². The molecule has 0 aliphatic rings. The molecular weight excluding hydrogens is 252 g/mol. The largest absolute Gasteiger partial charge is 0.444 e. The van der Waals surface area contributed by atoms with Crippen molar-refractivity contribution in [2.75, 3.05) is 13.6 Å². The van der Waals surface area contributed by atoms with E-state index in [1.54, 1.807) is 38.7 Å². The second kappa shape index (κ2) is 5.95. The van der Waals surface area contributed by atoms with Gasteiger partial charge in [0.25, 0.3) is 0 Å². The van der Waals surface area contributed by atoms with Crippen LogP contribution in [0.3, 0.4) is 0 Å². The molecular formula is C12H18N2O3S. The van der Waals surface area contributed by atoms with E-state index in [1.165, 1.54) is 16.2 Å². The van der Waals surface area contributed by atoms with E-state index in [2.05, 4.69) is 4.98 Å². The van der Waals surface area contributed by atoms with Crippen molar-refractivity contribution in [3.63, 3.8) is 0 Å². The van der Waals surface area contributed by atoms with Gasteiger partial charge < -0.3 is 9.64 Å². The fourth-order valence-electron chi connectivity index (χ4n) is 1.18. The van der Waals surface area contributed by atoms with E-state index in [0.717, 1.165) is 0 Å². The molecule has 1 rings (SSSR count). The number of thiazole rings is 1. The third-order valence-electron chi connectivity index (χ3n) is 2.10. The lowest BCUT2D eigenvalue weighted by molar-refractivity contribution is 0.0298. The number of hydrogen-bond acceptors (Lipinski definition) is 5. The fourth-order valence-corrected chi connectivity index (χ4v) is 1.74. The van der Waals surface area contributed by atoms with Crippen LogP contribution in [0.25, 0.3) is 0 Å². The molecule has 5 nitrogen and oxygen atoms in total. The Labute approximate surface area is 111 Å². The van der Waals surface area contributed by atoms with Crippen LogP contribution < -0.4 is 0 Å². The molecule has 0 unspecified atom stereocenters. The quantitative estimate of drug-likeness (QED) is 0.789. The van der Waals surface area contributed by atoms with Crippen LogP contribution in [0.5, 0.6) is 0 Å². The minimum absolute atomic E-state index is 0.0633. The third-order valence-corrected chi connectivity index (χ3v) is 2.68. The summed E-state index contributed by atoms with van der Waals surface area (Å²) in [5.41, 5.74) is 1.55. The Bertz CT molecular complexity index is 409. The van der Waals surface area contributed by atoms with Gasteiger partial charge in [-0.05, 0) is 20.8 Å². The molecule has 1 aromatic rings. The highest BCUT2D eigenvalue weighted by Gasteiger charge is 2.20. The van der Waals surface area contributed by atoms with Crippen molar-refractivity contribution in [1.82, 2.24) is 9.88 Å². The topological polar surface area (TPSA) is 59.5 Å². The van der Waals surface area contributed by atoms with Crippen LogP contribution in [0.2, 0.25) is 0 Å². The molecule has 100 valence electrons. The summed E-state index contributed by atoms with van der Waals surface area (Å²) in [7, 11) is 1.61. The average Bonchev–Trinajstić information content (AvgIpc) is 2.76. The highest BCUT2D eigenvalue weighted by Crippen LogP contribution is 2.10. The van der Waals surface area contributed by atoms with Crippen LogP contribution in [0.1, 0.15) is 37.7 Å². The van der Waals surface area contributed by atoms with Gasteiger partial charge in [0.1, 0.15) is 11.3 Å². The molecule has 0 spiro atoms. The Kier molecular flexibility index (Phi) is 4.84. The summed E-state index contributed by atoms with van der Waals surface area (Å²) < 4.78 is 5.18. The predicted molar refractivity (Wildman–Crippen MR) is 69.9 cm³/mol. The summed E-state index contributed by atoms with van der Waals surface area (Å²) in [5.74, 6) is -0.0633. The minimum atomic E-state index is -0.524.